The van der Waals surface area contributed by atoms with Crippen molar-refractivity contribution >= 4 is 37.4 Å². The summed E-state index contributed by atoms with van der Waals surface area (Å²) < 4.78 is 26.7. The number of likely N-dealkylation sites (tertiary alicyclic amines) is 1. The lowest BCUT2D eigenvalue weighted by atomic mass is 9.92. The highest BCUT2D eigenvalue weighted by atomic mass is 35.5. The molecule has 0 spiro atoms. The van der Waals surface area contributed by atoms with Crippen LogP contribution >= 0.6 is 31.5 Å². The number of alkyl halides is 1. The molecule has 2 fully saturated rings. The maximum atomic E-state index is 13.0. The zero-order chi connectivity index (χ0) is 24.2. The van der Waals surface area contributed by atoms with Crippen LogP contribution in [0.25, 0.3) is 0 Å². The number of phosphoric acid groups is 1. The van der Waals surface area contributed by atoms with Crippen molar-refractivity contribution < 1.29 is 42.8 Å². The van der Waals surface area contributed by atoms with E-state index in [2.05, 4.69) is 16.8 Å². The molecule has 0 aromatic rings. The molecule has 0 aliphatic carbocycles. The smallest absolute Gasteiger partial charge is 0.388 e. The molecule has 2 rings (SSSR count). The van der Waals surface area contributed by atoms with Gasteiger partial charge in [-0.1, -0.05) is 13.3 Å². The van der Waals surface area contributed by atoms with Crippen molar-refractivity contribution in [1.29, 1.82) is 0 Å². The van der Waals surface area contributed by atoms with Gasteiger partial charge in [-0.05, 0) is 32.7 Å². The fourth-order valence-corrected chi connectivity index (χ4v) is 5.88. The van der Waals surface area contributed by atoms with Crippen molar-refractivity contribution in [2.75, 3.05) is 20.7 Å². The predicted molar refractivity (Wildman–Crippen MR) is 119 cm³/mol. The van der Waals surface area contributed by atoms with Gasteiger partial charge in [0.2, 0.25) is 5.91 Å². The van der Waals surface area contributed by atoms with Gasteiger partial charge in [0.05, 0.1) is 24.6 Å². The molecule has 0 bridgehead atoms. The molecule has 0 aromatic heterocycles. The predicted octanol–water partition coefficient (Wildman–Crippen LogP) is 0.438. The molecule has 1 amide bonds. The molecular weight excluding hydrogens is 487 g/mol. The van der Waals surface area contributed by atoms with Crippen molar-refractivity contribution in [3.05, 3.63) is 0 Å². The Morgan fingerprint density at radius 3 is 2.56 bits per heavy atom. The number of halogens is 1. The molecule has 2 heterocycles. The minimum Gasteiger partial charge on any atom is -0.388 e. The molecule has 5 N–H and O–H groups in total. The van der Waals surface area contributed by atoms with Gasteiger partial charge in [0.15, 0.2) is 5.44 Å². The number of phosphoric ester groups is 1. The number of carbonyl (C=O) groups excluding carboxylic acids is 1. The van der Waals surface area contributed by atoms with E-state index < -0.39 is 49.1 Å². The lowest BCUT2D eigenvalue weighted by molar-refractivity contribution is -0.202. The highest BCUT2D eigenvalue weighted by molar-refractivity contribution is 7.95. The Labute approximate surface area is 197 Å². The molecule has 9 atom stereocenters. The number of ether oxygens (including phenoxy) is 1. The molecule has 0 radical (unpaired) electrons. The SMILES string of the molecule is CCC[C@@H]1C[C@@H](C(=O)N[C@@H]([C@H]2O[C@H](SOC)[C@H](OP(=O)(O)O)[C@@H](O)[C@H]2O)[C@H](C)Cl)N(C)C1. The summed E-state index contributed by atoms with van der Waals surface area (Å²) in [4.78, 5) is 33.3. The van der Waals surface area contributed by atoms with Crippen LogP contribution in [0.3, 0.4) is 0 Å². The highest BCUT2D eigenvalue weighted by Crippen LogP contribution is 2.44. The summed E-state index contributed by atoms with van der Waals surface area (Å²) in [5.74, 6) is 0.150. The van der Waals surface area contributed by atoms with E-state index in [0.29, 0.717) is 24.4 Å². The third-order valence-electron chi connectivity index (χ3n) is 5.82. The molecule has 188 valence electrons. The number of nitrogens with zero attached hydrogens (tertiary/aromatic N) is 1. The average Bonchev–Trinajstić information content (AvgIpc) is 3.05. The van der Waals surface area contributed by atoms with Gasteiger partial charge in [-0.2, -0.15) is 0 Å². The summed E-state index contributed by atoms with van der Waals surface area (Å²) in [6.45, 7) is 4.52. The number of likely N-dealkylation sites (N-methyl/N-ethyl adjacent to an activating group) is 1. The van der Waals surface area contributed by atoms with E-state index in [9.17, 15) is 19.6 Å². The van der Waals surface area contributed by atoms with Gasteiger partial charge in [-0.25, -0.2) is 4.57 Å². The summed E-state index contributed by atoms with van der Waals surface area (Å²) in [7, 11) is -1.81. The molecule has 14 heteroatoms. The van der Waals surface area contributed by atoms with E-state index >= 15 is 0 Å². The van der Waals surface area contributed by atoms with E-state index in [1.54, 1.807) is 6.92 Å². The first kappa shape index (κ1) is 28.3. The second-order valence-electron chi connectivity index (χ2n) is 8.33. The number of aliphatic hydroxyl groups is 2. The quantitative estimate of drug-likeness (QED) is 0.154. The van der Waals surface area contributed by atoms with E-state index in [-0.39, 0.29) is 11.9 Å². The van der Waals surface area contributed by atoms with Crippen LogP contribution in [0, 0.1) is 5.92 Å². The molecule has 32 heavy (non-hydrogen) atoms. The zero-order valence-electron chi connectivity index (χ0n) is 18.5. The fraction of sp³-hybridized carbons (Fsp3) is 0.944. The van der Waals surface area contributed by atoms with Crippen LogP contribution in [-0.4, -0.2) is 98.8 Å². The van der Waals surface area contributed by atoms with Crippen molar-refractivity contribution in [3.63, 3.8) is 0 Å². The van der Waals surface area contributed by atoms with Gasteiger partial charge in [-0.15, -0.1) is 11.6 Å². The van der Waals surface area contributed by atoms with E-state index in [1.165, 1.54) is 7.11 Å². The lowest BCUT2D eigenvalue weighted by Crippen LogP contribution is -2.65. The molecule has 0 saturated carbocycles. The Morgan fingerprint density at radius 1 is 1.38 bits per heavy atom. The highest BCUT2D eigenvalue weighted by Gasteiger charge is 2.52. The molecule has 0 unspecified atom stereocenters. The van der Waals surface area contributed by atoms with Gasteiger partial charge < -0.3 is 34.2 Å². The minimum absolute atomic E-state index is 0.265. The van der Waals surface area contributed by atoms with Gasteiger partial charge in [0, 0.05) is 18.6 Å². The normalized spacial score (nSPS) is 36.1. The largest absolute Gasteiger partial charge is 0.470 e. The number of rotatable bonds is 10. The first-order chi connectivity index (χ1) is 14.9. The van der Waals surface area contributed by atoms with Crippen LogP contribution < -0.4 is 5.32 Å². The second-order valence-corrected chi connectivity index (χ2v) is 11.2. The molecule has 0 aromatic carbocycles. The maximum absolute atomic E-state index is 13.0. The third kappa shape index (κ3) is 7.26. The van der Waals surface area contributed by atoms with E-state index in [0.717, 1.165) is 19.4 Å². The first-order valence-electron chi connectivity index (χ1n) is 10.5. The lowest BCUT2D eigenvalue weighted by Gasteiger charge is -2.45. The van der Waals surface area contributed by atoms with E-state index in [4.69, 9.17) is 30.3 Å². The Balaban J connectivity index is 2.18. The van der Waals surface area contributed by atoms with Crippen LogP contribution in [0.5, 0.6) is 0 Å². The number of hydrogen-bond donors (Lipinski definition) is 5. The summed E-state index contributed by atoms with van der Waals surface area (Å²) in [6, 6.07) is -1.26. The van der Waals surface area contributed by atoms with Crippen LogP contribution in [0.15, 0.2) is 0 Å². The molecule has 2 aliphatic heterocycles. The fourth-order valence-electron chi connectivity index (χ4n) is 4.35. The van der Waals surface area contributed by atoms with Gasteiger partial charge in [-0.3, -0.25) is 14.2 Å². The second kappa shape index (κ2) is 12.1. The number of aliphatic hydroxyl groups excluding tert-OH is 2. The van der Waals surface area contributed by atoms with Gasteiger partial charge >= 0.3 is 7.82 Å². The van der Waals surface area contributed by atoms with Gasteiger partial charge in [0.25, 0.3) is 0 Å². The van der Waals surface area contributed by atoms with Crippen LogP contribution in [0.2, 0.25) is 0 Å². The number of amides is 1. The van der Waals surface area contributed by atoms with Crippen molar-refractivity contribution in [2.24, 2.45) is 5.92 Å². The summed E-state index contributed by atoms with van der Waals surface area (Å²) in [5.41, 5.74) is -1.20. The Kier molecular flexibility index (Phi) is 10.7. The van der Waals surface area contributed by atoms with Gasteiger partial charge in [0.1, 0.15) is 24.4 Å². The van der Waals surface area contributed by atoms with Crippen molar-refractivity contribution in [2.45, 2.75) is 80.4 Å². The number of hydrogen-bond acceptors (Lipinski definition) is 9. The Morgan fingerprint density at radius 2 is 2.03 bits per heavy atom. The molecule has 2 aliphatic rings. The van der Waals surface area contributed by atoms with Crippen LogP contribution in [0.4, 0.5) is 0 Å². The van der Waals surface area contributed by atoms with Crippen LogP contribution in [0.1, 0.15) is 33.1 Å². The Hall–Kier alpha value is 0.0200. The molecular formula is C18H34ClN2O9PS. The summed E-state index contributed by atoms with van der Waals surface area (Å²) in [6.07, 6.45) is -3.36. The standard InChI is InChI=1S/C18H34ClN2O9PS/c1-5-6-10-7-11(21(3)8-10)17(24)20-12(9(2)19)15-13(22)14(23)16(30-31(25,26)27)18(29-15)32-28-4/h9-16,18,22-23H,5-8H2,1-4H3,(H,20,24)(H2,25,26,27)/t9-,10+,11-,12+,13+,14-,15+,16+,18+/m0/s1. The van der Waals surface area contributed by atoms with Crippen molar-refractivity contribution in [1.82, 2.24) is 10.2 Å². The zero-order valence-corrected chi connectivity index (χ0v) is 21.0. The molecule has 11 nitrogen and oxygen atoms in total. The summed E-state index contributed by atoms with van der Waals surface area (Å²) >= 11 is 6.99. The summed E-state index contributed by atoms with van der Waals surface area (Å²) in [5, 5.41) is 23.4. The maximum Gasteiger partial charge on any atom is 0.470 e. The number of nitrogens with one attached hydrogen (secondary N) is 1. The minimum atomic E-state index is -5.00. The topological polar surface area (TPSA) is 158 Å². The monoisotopic (exact) mass is 520 g/mol. The molecule has 2 saturated heterocycles. The van der Waals surface area contributed by atoms with Crippen molar-refractivity contribution in [3.8, 4) is 0 Å². The van der Waals surface area contributed by atoms with E-state index in [1.807, 2.05) is 11.9 Å². The number of carbonyl (C=O) groups is 1. The Bertz CT molecular complexity index is 672. The third-order valence-corrected chi connectivity index (χ3v) is 7.38. The first-order valence-corrected chi connectivity index (χ1v) is 13.3. The average molecular weight is 521 g/mol. The van der Waals surface area contributed by atoms with Crippen LogP contribution in [-0.2, 0) is 22.8 Å².